The zero-order chi connectivity index (χ0) is 17.6. The summed E-state index contributed by atoms with van der Waals surface area (Å²) in [6.07, 6.45) is 7.35. The molecule has 0 atom stereocenters. The van der Waals surface area contributed by atoms with Gasteiger partial charge in [0.25, 0.3) is 0 Å². The molecule has 0 unspecified atom stereocenters. The Morgan fingerprint density at radius 2 is 1.68 bits per heavy atom. The van der Waals surface area contributed by atoms with Crippen LogP contribution in [-0.4, -0.2) is 73.1 Å². The summed E-state index contributed by atoms with van der Waals surface area (Å²) < 4.78 is 5.53. The third-order valence-corrected chi connectivity index (χ3v) is 5.90. The number of nitrogens with one attached hydrogen (secondary N) is 1. The molecule has 2 aliphatic heterocycles. The zero-order valence-electron chi connectivity index (χ0n) is 15.5. The quantitative estimate of drug-likeness (QED) is 0.753. The van der Waals surface area contributed by atoms with Crippen molar-refractivity contribution in [1.29, 1.82) is 0 Å². The predicted octanol–water partition coefficient (Wildman–Crippen LogP) is 1.39. The van der Waals surface area contributed by atoms with Crippen molar-refractivity contribution >= 4 is 11.8 Å². The van der Waals surface area contributed by atoms with E-state index in [1.54, 1.807) is 6.92 Å². The second-order valence-electron chi connectivity index (χ2n) is 7.82. The number of nitrogens with zero attached hydrogens (tertiary/aromatic N) is 2. The number of ether oxygens (including phenoxy) is 1. The topological polar surface area (TPSA) is 61.9 Å². The molecule has 3 fully saturated rings. The zero-order valence-corrected chi connectivity index (χ0v) is 15.5. The van der Waals surface area contributed by atoms with Crippen LogP contribution >= 0.6 is 0 Å². The Hall–Kier alpha value is -1.14. The first-order valence-electron chi connectivity index (χ1n) is 9.99. The van der Waals surface area contributed by atoms with E-state index in [-0.39, 0.29) is 11.8 Å². The molecule has 3 rings (SSSR count). The molecule has 0 aromatic heterocycles. The fourth-order valence-corrected chi connectivity index (χ4v) is 4.17. The van der Waals surface area contributed by atoms with Crippen LogP contribution in [0, 0.1) is 5.92 Å². The molecule has 1 N–H and O–H groups in total. The maximum atomic E-state index is 12.0. The van der Waals surface area contributed by atoms with Crippen molar-refractivity contribution in [3.63, 3.8) is 0 Å². The number of amides is 2. The molecule has 1 aliphatic carbocycles. The molecule has 1 saturated carbocycles. The summed E-state index contributed by atoms with van der Waals surface area (Å²) in [7, 11) is 0. The van der Waals surface area contributed by atoms with Gasteiger partial charge in [-0.15, -0.1) is 0 Å². The Bertz CT molecular complexity index is 453. The first-order valence-corrected chi connectivity index (χ1v) is 9.99. The van der Waals surface area contributed by atoms with Gasteiger partial charge in [0.15, 0.2) is 0 Å². The van der Waals surface area contributed by atoms with Crippen LogP contribution < -0.4 is 5.32 Å². The average Bonchev–Trinajstić information content (AvgIpc) is 3.43. The molecule has 2 saturated heterocycles. The van der Waals surface area contributed by atoms with E-state index in [1.165, 1.54) is 12.8 Å². The molecular formula is C19H33N3O3. The number of hydrogen-bond donors (Lipinski definition) is 1. The average molecular weight is 351 g/mol. The summed E-state index contributed by atoms with van der Waals surface area (Å²) >= 11 is 0. The third-order valence-electron chi connectivity index (χ3n) is 5.90. The van der Waals surface area contributed by atoms with Gasteiger partial charge in [-0.1, -0.05) is 0 Å². The van der Waals surface area contributed by atoms with Crippen LogP contribution in [0.2, 0.25) is 0 Å². The van der Waals surface area contributed by atoms with Crippen molar-refractivity contribution in [2.45, 2.75) is 64.0 Å². The first kappa shape index (κ1) is 18.6. The van der Waals surface area contributed by atoms with Gasteiger partial charge in [0.1, 0.15) is 0 Å². The van der Waals surface area contributed by atoms with Crippen molar-refractivity contribution in [1.82, 2.24) is 15.1 Å². The molecule has 0 bridgehead atoms. The number of carbonyl (C=O) groups is 2. The van der Waals surface area contributed by atoms with E-state index in [2.05, 4.69) is 10.2 Å². The highest BCUT2D eigenvalue weighted by Gasteiger charge is 2.31. The monoisotopic (exact) mass is 351 g/mol. The summed E-state index contributed by atoms with van der Waals surface area (Å²) in [4.78, 5) is 28.1. The molecule has 6 heteroatoms. The van der Waals surface area contributed by atoms with Gasteiger partial charge in [0.05, 0.1) is 0 Å². The maximum absolute atomic E-state index is 12.0. The second kappa shape index (κ2) is 8.99. The van der Waals surface area contributed by atoms with E-state index in [4.69, 9.17) is 4.74 Å². The van der Waals surface area contributed by atoms with Crippen LogP contribution in [0.4, 0.5) is 0 Å². The first-order chi connectivity index (χ1) is 12.1. The Balaban J connectivity index is 1.49. The molecule has 2 amide bonds. The van der Waals surface area contributed by atoms with Gasteiger partial charge in [0.2, 0.25) is 11.8 Å². The molecule has 0 spiro atoms. The molecule has 6 nitrogen and oxygen atoms in total. The number of likely N-dealkylation sites (tertiary alicyclic amines) is 1. The largest absolute Gasteiger partial charge is 0.381 e. The molecule has 0 aromatic rings. The Labute approximate surface area is 151 Å². The lowest BCUT2D eigenvalue weighted by Crippen LogP contribution is -2.53. The SMILES string of the molecule is CC(=O)N1CCC(N(CCNC(=O)CC2CC2)C2CCOCC2)CC1. The van der Waals surface area contributed by atoms with Gasteiger partial charge >= 0.3 is 0 Å². The van der Waals surface area contributed by atoms with E-state index in [9.17, 15) is 9.59 Å². The van der Waals surface area contributed by atoms with Crippen LogP contribution in [0.25, 0.3) is 0 Å². The van der Waals surface area contributed by atoms with Crippen LogP contribution in [-0.2, 0) is 14.3 Å². The summed E-state index contributed by atoms with van der Waals surface area (Å²) in [5.74, 6) is 1.03. The molecule has 2 heterocycles. The van der Waals surface area contributed by atoms with E-state index < -0.39 is 0 Å². The van der Waals surface area contributed by atoms with Crippen molar-refractivity contribution in [2.24, 2.45) is 5.92 Å². The highest BCUT2D eigenvalue weighted by molar-refractivity contribution is 5.76. The minimum atomic E-state index is 0.184. The van der Waals surface area contributed by atoms with Crippen LogP contribution in [0.5, 0.6) is 0 Å². The van der Waals surface area contributed by atoms with Crippen molar-refractivity contribution in [3.05, 3.63) is 0 Å². The van der Waals surface area contributed by atoms with Gasteiger partial charge in [0, 0.05) is 64.8 Å². The van der Waals surface area contributed by atoms with Gasteiger partial charge in [-0.05, 0) is 44.4 Å². The molecule has 3 aliphatic rings. The Morgan fingerprint density at radius 3 is 2.28 bits per heavy atom. The van der Waals surface area contributed by atoms with Crippen molar-refractivity contribution in [3.8, 4) is 0 Å². The number of hydrogen-bond acceptors (Lipinski definition) is 4. The fraction of sp³-hybridized carbons (Fsp3) is 0.895. The molecular weight excluding hydrogens is 318 g/mol. The predicted molar refractivity (Wildman–Crippen MR) is 96.2 cm³/mol. The molecule has 0 radical (unpaired) electrons. The van der Waals surface area contributed by atoms with Gasteiger partial charge in [-0.2, -0.15) is 0 Å². The van der Waals surface area contributed by atoms with Crippen molar-refractivity contribution < 1.29 is 14.3 Å². The lowest BCUT2D eigenvalue weighted by Gasteiger charge is -2.43. The van der Waals surface area contributed by atoms with E-state index >= 15 is 0 Å². The Kier molecular flexibility index (Phi) is 6.70. The highest BCUT2D eigenvalue weighted by atomic mass is 16.5. The summed E-state index contributed by atoms with van der Waals surface area (Å²) in [5, 5.41) is 3.11. The maximum Gasteiger partial charge on any atom is 0.220 e. The number of piperidine rings is 1. The number of carbonyl (C=O) groups excluding carboxylic acids is 2. The van der Waals surface area contributed by atoms with E-state index in [0.29, 0.717) is 24.4 Å². The third kappa shape index (κ3) is 5.68. The van der Waals surface area contributed by atoms with E-state index in [1.807, 2.05) is 4.90 Å². The lowest BCUT2D eigenvalue weighted by atomic mass is 9.98. The van der Waals surface area contributed by atoms with Gasteiger partial charge in [-0.3, -0.25) is 14.5 Å². The summed E-state index contributed by atoms with van der Waals surface area (Å²) in [6.45, 7) is 6.68. The Morgan fingerprint density at radius 1 is 1.04 bits per heavy atom. The smallest absolute Gasteiger partial charge is 0.220 e. The molecule has 25 heavy (non-hydrogen) atoms. The molecule has 142 valence electrons. The lowest BCUT2D eigenvalue weighted by molar-refractivity contribution is -0.130. The minimum Gasteiger partial charge on any atom is -0.381 e. The fourth-order valence-electron chi connectivity index (χ4n) is 4.17. The highest BCUT2D eigenvalue weighted by Crippen LogP contribution is 2.32. The van der Waals surface area contributed by atoms with Crippen LogP contribution in [0.1, 0.15) is 51.9 Å². The molecule has 0 aromatic carbocycles. The normalized spacial score (nSPS) is 23.0. The second-order valence-corrected chi connectivity index (χ2v) is 7.82. The standard InChI is InChI=1S/C19H33N3O3/c1-15(23)21-9-4-17(5-10-21)22(18-6-12-25-13-7-18)11-8-20-19(24)14-16-2-3-16/h16-18H,2-14H2,1H3,(H,20,24). The van der Waals surface area contributed by atoms with Crippen LogP contribution in [0.3, 0.4) is 0 Å². The van der Waals surface area contributed by atoms with Crippen molar-refractivity contribution in [2.75, 3.05) is 39.4 Å². The van der Waals surface area contributed by atoms with Crippen LogP contribution in [0.15, 0.2) is 0 Å². The van der Waals surface area contributed by atoms with Gasteiger partial charge in [-0.25, -0.2) is 0 Å². The summed E-state index contributed by atoms with van der Waals surface area (Å²) in [6, 6.07) is 1.06. The number of rotatable bonds is 7. The summed E-state index contributed by atoms with van der Waals surface area (Å²) in [5.41, 5.74) is 0. The van der Waals surface area contributed by atoms with E-state index in [0.717, 1.165) is 65.1 Å². The minimum absolute atomic E-state index is 0.184. The van der Waals surface area contributed by atoms with Gasteiger partial charge < -0.3 is 15.0 Å².